The quantitative estimate of drug-likeness (QED) is 0.489. The fraction of sp³-hybridized carbons (Fsp3) is 0.0870. The van der Waals surface area contributed by atoms with Crippen LogP contribution in [0.2, 0.25) is 0 Å². The van der Waals surface area contributed by atoms with E-state index in [9.17, 15) is 4.79 Å². The molecule has 2 heterocycles. The van der Waals surface area contributed by atoms with Crippen LogP contribution in [0.25, 0.3) is 33.3 Å². The molecule has 4 heteroatoms. The van der Waals surface area contributed by atoms with Gasteiger partial charge >= 0.3 is 0 Å². The van der Waals surface area contributed by atoms with E-state index >= 15 is 0 Å². The van der Waals surface area contributed by atoms with E-state index in [1.165, 1.54) is 0 Å². The molecule has 0 radical (unpaired) electrons. The summed E-state index contributed by atoms with van der Waals surface area (Å²) in [4.78, 5) is 16.3. The van der Waals surface area contributed by atoms with E-state index in [0.717, 1.165) is 33.3 Å². The molecule has 0 aliphatic rings. The number of pyridine rings is 1. The van der Waals surface area contributed by atoms with Crippen molar-refractivity contribution in [2.24, 2.45) is 7.05 Å². The van der Waals surface area contributed by atoms with E-state index in [1.807, 2.05) is 72.5 Å². The lowest BCUT2D eigenvalue weighted by molar-refractivity contribution is 0.101. The molecule has 4 nitrogen and oxygen atoms in total. The molecule has 0 N–H and O–H groups in total. The number of aromatic nitrogens is 2. The van der Waals surface area contributed by atoms with Crippen molar-refractivity contribution in [3.05, 3.63) is 78.1 Å². The Hall–Kier alpha value is -3.71. The van der Waals surface area contributed by atoms with Crippen LogP contribution in [0.15, 0.2) is 67.0 Å². The Kier molecular flexibility index (Phi) is 4.06. The molecular formula is C23H17N3O. The number of nitrogens with zero attached hydrogens (tertiary/aromatic N) is 3. The topological polar surface area (TPSA) is 58.7 Å². The van der Waals surface area contributed by atoms with Crippen LogP contribution in [0.4, 0.5) is 0 Å². The van der Waals surface area contributed by atoms with E-state index < -0.39 is 0 Å². The van der Waals surface area contributed by atoms with E-state index in [4.69, 9.17) is 10.2 Å². The number of benzene rings is 2. The van der Waals surface area contributed by atoms with Gasteiger partial charge in [0, 0.05) is 35.3 Å². The second-order valence-corrected chi connectivity index (χ2v) is 6.53. The van der Waals surface area contributed by atoms with Gasteiger partial charge in [-0.25, -0.2) is 0 Å². The largest absolute Gasteiger partial charge is 0.349 e. The van der Waals surface area contributed by atoms with Gasteiger partial charge in [0.15, 0.2) is 5.78 Å². The van der Waals surface area contributed by atoms with Crippen LogP contribution in [0, 0.1) is 11.3 Å². The fourth-order valence-corrected chi connectivity index (χ4v) is 3.32. The predicted octanol–water partition coefficient (Wildman–Crippen LogP) is 4.98. The summed E-state index contributed by atoms with van der Waals surface area (Å²) in [5, 5.41) is 10.2. The highest BCUT2D eigenvalue weighted by Crippen LogP contribution is 2.37. The molecule has 130 valence electrons. The van der Waals surface area contributed by atoms with Crippen LogP contribution in [-0.2, 0) is 7.05 Å². The number of ketones is 1. The number of carbonyl (C=O) groups is 1. The van der Waals surface area contributed by atoms with Crippen molar-refractivity contribution >= 4 is 16.7 Å². The highest BCUT2D eigenvalue weighted by molar-refractivity contribution is 6.02. The molecular weight excluding hydrogens is 334 g/mol. The van der Waals surface area contributed by atoms with Crippen molar-refractivity contribution in [1.29, 1.82) is 5.26 Å². The van der Waals surface area contributed by atoms with Crippen LogP contribution >= 0.6 is 0 Å². The third-order valence-electron chi connectivity index (χ3n) is 4.81. The van der Waals surface area contributed by atoms with Crippen LogP contribution in [-0.4, -0.2) is 15.3 Å². The molecule has 0 fully saturated rings. The maximum atomic E-state index is 11.6. The average molecular weight is 351 g/mol. The molecule has 0 amide bonds. The zero-order valence-corrected chi connectivity index (χ0v) is 15.1. The molecule has 27 heavy (non-hydrogen) atoms. The van der Waals surface area contributed by atoms with Gasteiger partial charge < -0.3 is 4.57 Å². The summed E-state index contributed by atoms with van der Waals surface area (Å²) in [6.07, 6.45) is 3.89. The van der Waals surface area contributed by atoms with Gasteiger partial charge in [-0.3, -0.25) is 9.78 Å². The number of rotatable bonds is 3. The lowest BCUT2D eigenvalue weighted by atomic mass is 9.95. The highest BCUT2D eigenvalue weighted by Gasteiger charge is 2.15. The number of fused-ring (bicyclic) bond motifs is 1. The first-order chi connectivity index (χ1) is 13.1. The lowest BCUT2D eigenvalue weighted by Gasteiger charge is -2.12. The predicted molar refractivity (Wildman–Crippen MR) is 106 cm³/mol. The van der Waals surface area contributed by atoms with E-state index in [2.05, 4.69) is 12.1 Å². The van der Waals surface area contributed by atoms with Crippen LogP contribution in [0.1, 0.15) is 22.8 Å². The maximum Gasteiger partial charge on any atom is 0.159 e. The van der Waals surface area contributed by atoms with E-state index in [1.54, 1.807) is 6.92 Å². The molecule has 0 spiro atoms. The molecule has 0 atom stereocenters. The van der Waals surface area contributed by atoms with Crippen molar-refractivity contribution in [2.75, 3.05) is 0 Å². The van der Waals surface area contributed by atoms with Crippen LogP contribution in [0.5, 0.6) is 0 Å². The molecule has 4 aromatic rings. The highest BCUT2D eigenvalue weighted by atomic mass is 16.1. The van der Waals surface area contributed by atoms with Gasteiger partial charge in [-0.1, -0.05) is 36.4 Å². The molecule has 0 aliphatic carbocycles. The van der Waals surface area contributed by atoms with Gasteiger partial charge in [0.25, 0.3) is 0 Å². The van der Waals surface area contributed by atoms with Crippen molar-refractivity contribution in [2.45, 2.75) is 6.92 Å². The molecule has 0 bridgehead atoms. The minimum absolute atomic E-state index is 0.0420. The molecule has 2 aromatic carbocycles. The van der Waals surface area contributed by atoms with Crippen molar-refractivity contribution < 1.29 is 4.79 Å². The maximum absolute atomic E-state index is 11.6. The number of Topliss-reactive ketones (excluding diaryl/α,β-unsaturated/α-hetero) is 1. The Morgan fingerprint density at radius 3 is 2.30 bits per heavy atom. The van der Waals surface area contributed by atoms with Crippen molar-refractivity contribution in [3.8, 4) is 28.5 Å². The van der Waals surface area contributed by atoms with Crippen molar-refractivity contribution in [1.82, 2.24) is 9.55 Å². The second-order valence-electron chi connectivity index (χ2n) is 6.53. The average Bonchev–Trinajstić information content (AvgIpc) is 3.08. The minimum Gasteiger partial charge on any atom is -0.349 e. The molecule has 0 aliphatic heterocycles. The Morgan fingerprint density at radius 1 is 1.00 bits per heavy atom. The van der Waals surface area contributed by atoms with Crippen molar-refractivity contribution in [3.63, 3.8) is 0 Å². The monoisotopic (exact) mass is 351 g/mol. The van der Waals surface area contributed by atoms with E-state index in [0.29, 0.717) is 11.1 Å². The molecule has 2 aromatic heterocycles. The summed E-state index contributed by atoms with van der Waals surface area (Å²) in [6.45, 7) is 1.56. The van der Waals surface area contributed by atoms with Gasteiger partial charge in [-0.15, -0.1) is 0 Å². The van der Waals surface area contributed by atoms with Gasteiger partial charge in [-0.05, 0) is 30.7 Å². The first kappa shape index (κ1) is 16.7. The minimum atomic E-state index is 0.0420. The Bertz CT molecular complexity index is 1190. The second kappa shape index (κ2) is 6.54. The fourth-order valence-electron chi connectivity index (χ4n) is 3.32. The third kappa shape index (κ3) is 2.90. The zero-order chi connectivity index (χ0) is 19.0. The van der Waals surface area contributed by atoms with Gasteiger partial charge in [-0.2, -0.15) is 5.26 Å². The Morgan fingerprint density at radius 2 is 1.67 bits per heavy atom. The SMILES string of the molecule is CC(=O)c1ccc(-c2ncc3c(ccn3C)c2-c2ccc(C#N)cc2)cc1. The lowest BCUT2D eigenvalue weighted by Crippen LogP contribution is -1.95. The Balaban J connectivity index is 1.97. The normalized spacial score (nSPS) is 10.7. The first-order valence-electron chi connectivity index (χ1n) is 8.64. The Labute approximate surface area is 157 Å². The number of nitriles is 1. The summed E-state index contributed by atoms with van der Waals surface area (Å²) in [6, 6.07) is 19.3. The third-order valence-corrected chi connectivity index (χ3v) is 4.81. The molecule has 0 unspecified atom stereocenters. The summed E-state index contributed by atoms with van der Waals surface area (Å²) >= 11 is 0. The number of carbonyl (C=O) groups excluding carboxylic acids is 1. The smallest absolute Gasteiger partial charge is 0.159 e. The first-order valence-corrected chi connectivity index (χ1v) is 8.64. The van der Waals surface area contributed by atoms with Gasteiger partial charge in [0.1, 0.15) is 0 Å². The van der Waals surface area contributed by atoms with Crippen LogP contribution in [0.3, 0.4) is 0 Å². The molecule has 4 rings (SSSR count). The van der Waals surface area contributed by atoms with Crippen LogP contribution < -0.4 is 0 Å². The van der Waals surface area contributed by atoms with E-state index in [-0.39, 0.29) is 5.78 Å². The summed E-state index contributed by atoms with van der Waals surface area (Å²) in [7, 11) is 1.99. The van der Waals surface area contributed by atoms with Gasteiger partial charge in [0.2, 0.25) is 0 Å². The summed E-state index contributed by atoms with van der Waals surface area (Å²) in [5.41, 5.74) is 6.17. The number of hydrogen-bond donors (Lipinski definition) is 0. The van der Waals surface area contributed by atoms with Gasteiger partial charge in [0.05, 0.1) is 29.0 Å². The number of aryl methyl sites for hydroxylation is 1. The summed E-state index contributed by atoms with van der Waals surface area (Å²) in [5.74, 6) is 0.0420. The zero-order valence-electron chi connectivity index (χ0n) is 15.1. The number of hydrogen-bond acceptors (Lipinski definition) is 3. The summed E-state index contributed by atoms with van der Waals surface area (Å²) < 4.78 is 2.04. The standard InChI is InChI=1S/C23H17N3O/c1-15(27)17-7-9-19(10-8-17)23-22(18-5-3-16(13-24)4-6-18)20-11-12-26(2)21(20)14-25-23/h3-12,14H,1-2H3. The molecule has 0 saturated carbocycles. The molecule has 0 saturated heterocycles.